The molecule has 1 aliphatic rings. The van der Waals surface area contributed by atoms with Crippen LogP contribution in [0.4, 0.5) is 13.2 Å². The molecule has 2 rings (SSSR count). The van der Waals surface area contributed by atoms with E-state index in [9.17, 15) is 17.7 Å². The van der Waals surface area contributed by atoms with Crippen molar-refractivity contribution in [3.63, 3.8) is 0 Å². The fourth-order valence-electron chi connectivity index (χ4n) is 2.42. The molecule has 3 nitrogen and oxygen atoms in total. The first-order valence-corrected chi connectivity index (χ1v) is 8.92. The van der Waals surface area contributed by atoms with Gasteiger partial charge < -0.3 is 9.29 Å². The highest BCUT2D eigenvalue weighted by atomic mass is 32.2. The number of halogens is 3. The molecule has 0 N–H and O–H groups in total. The molecular weight excluding hydrogens is 339 g/mol. The van der Waals surface area contributed by atoms with E-state index in [2.05, 4.69) is 4.40 Å². The van der Waals surface area contributed by atoms with E-state index in [1.165, 1.54) is 19.1 Å². The maximum atomic E-state index is 14.7. The van der Waals surface area contributed by atoms with E-state index in [0.717, 1.165) is 6.07 Å². The van der Waals surface area contributed by atoms with Gasteiger partial charge in [0.2, 0.25) is 0 Å². The molecule has 2 atom stereocenters. The minimum atomic E-state index is -3.42. The van der Waals surface area contributed by atoms with Crippen LogP contribution in [0.15, 0.2) is 22.6 Å². The molecular formula is C17H22F3NO2S. The van der Waals surface area contributed by atoms with Crippen LogP contribution in [0.2, 0.25) is 0 Å². The Kier molecular flexibility index (Phi) is 5.67. The first kappa shape index (κ1) is 19.3. The quantitative estimate of drug-likeness (QED) is 0.590. The lowest BCUT2D eigenvalue weighted by Gasteiger charge is -2.24. The van der Waals surface area contributed by atoms with Gasteiger partial charge in [-0.1, -0.05) is 16.5 Å². The highest BCUT2D eigenvalue weighted by molar-refractivity contribution is 7.91. The van der Waals surface area contributed by atoms with Gasteiger partial charge in [-0.05, 0) is 46.6 Å². The Bertz CT molecular complexity index is 623. The Morgan fingerprint density at radius 2 is 2.00 bits per heavy atom. The number of rotatable bonds is 4. The fourth-order valence-corrected chi connectivity index (χ4v) is 3.04. The molecule has 0 aliphatic carbocycles. The molecule has 24 heavy (non-hydrogen) atoms. The van der Waals surface area contributed by atoms with E-state index in [0.29, 0.717) is 6.42 Å². The predicted octanol–water partition coefficient (Wildman–Crippen LogP) is 4.37. The van der Waals surface area contributed by atoms with Gasteiger partial charge in [-0.2, -0.15) is 8.78 Å². The van der Waals surface area contributed by atoms with Crippen LogP contribution < -0.4 is 0 Å². The molecule has 7 heteroatoms. The molecule has 0 saturated carbocycles. The maximum absolute atomic E-state index is 14.7. The first-order valence-electron chi connectivity index (χ1n) is 7.81. The number of hydrogen-bond donors (Lipinski definition) is 0. The molecule has 0 radical (unpaired) electrons. The normalized spacial score (nSPS) is 21.2. The first-order chi connectivity index (χ1) is 11.0. The Morgan fingerprint density at radius 3 is 2.54 bits per heavy atom. The smallest absolute Gasteiger partial charge is 0.301 e. The second-order valence-electron chi connectivity index (χ2n) is 6.83. The zero-order chi connectivity index (χ0) is 18.1. The van der Waals surface area contributed by atoms with Gasteiger partial charge in [0, 0.05) is 12.2 Å². The van der Waals surface area contributed by atoms with E-state index in [1.54, 1.807) is 20.8 Å². The summed E-state index contributed by atoms with van der Waals surface area (Å²) in [5.74, 6) is -4.45. The summed E-state index contributed by atoms with van der Waals surface area (Å²) < 4.78 is 64.3. The van der Waals surface area contributed by atoms with Gasteiger partial charge in [0.15, 0.2) is 0 Å². The van der Waals surface area contributed by atoms with E-state index in [-0.39, 0.29) is 24.3 Å². The lowest BCUT2D eigenvalue weighted by atomic mass is 9.97. The minimum absolute atomic E-state index is 0.0669. The standard InChI is InChI=1S/C17H22F3NO2S/c1-11(21-24(22)16(2,3)4)12-7-5-8-13(15(12)18)17(19,20)14-9-6-10-23-14/h5,7-8,14H,6,9-10H2,1-4H3. The van der Waals surface area contributed by atoms with Gasteiger partial charge in [0.05, 0.1) is 11.3 Å². The molecule has 0 spiro atoms. The number of hydrogen-bond acceptors (Lipinski definition) is 3. The van der Waals surface area contributed by atoms with Crippen molar-refractivity contribution in [2.24, 2.45) is 4.40 Å². The van der Waals surface area contributed by atoms with Gasteiger partial charge in [-0.15, -0.1) is 0 Å². The van der Waals surface area contributed by atoms with Crippen LogP contribution in [0, 0.1) is 5.82 Å². The van der Waals surface area contributed by atoms with Gasteiger partial charge in [-0.3, -0.25) is 0 Å². The molecule has 134 valence electrons. The molecule has 0 amide bonds. The molecule has 0 aromatic heterocycles. The zero-order valence-corrected chi connectivity index (χ0v) is 15.1. The van der Waals surface area contributed by atoms with E-state index >= 15 is 0 Å². The summed E-state index contributed by atoms with van der Waals surface area (Å²) in [5.41, 5.74) is -0.642. The monoisotopic (exact) mass is 361 g/mol. The Hall–Kier alpha value is -1.05. The van der Waals surface area contributed by atoms with E-state index < -0.39 is 39.5 Å². The second-order valence-corrected chi connectivity index (χ2v) is 8.74. The van der Waals surface area contributed by atoms with Crippen molar-refractivity contribution in [3.8, 4) is 0 Å². The number of ether oxygens (including phenoxy) is 1. The number of nitrogens with zero attached hydrogens (tertiary/aromatic N) is 1. The lowest BCUT2D eigenvalue weighted by molar-refractivity contribution is -0.124. The third-order valence-electron chi connectivity index (χ3n) is 3.83. The molecule has 1 aliphatic heterocycles. The van der Waals surface area contributed by atoms with Crippen molar-refractivity contribution in [1.82, 2.24) is 0 Å². The highest BCUT2D eigenvalue weighted by Gasteiger charge is 2.46. The van der Waals surface area contributed by atoms with Gasteiger partial charge in [0.1, 0.15) is 28.0 Å². The topological polar surface area (TPSA) is 44.7 Å². The van der Waals surface area contributed by atoms with Crippen molar-refractivity contribution in [1.29, 1.82) is 0 Å². The Morgan fingerprint density at radius 1 is 1.33 bits per heavy atom. The van der Waals surface area contributed by atoms with Crippen LogP contribution >= 0.6 is 0 Å². The van der Waals surface area contributed by atoms with Crippen LogP contribution in [-0.2, 0) is 22.0 Å². The van der Waals surface area contributed by atoms with Gasteiger partial charge in [0.25, 0.3) is 0 Å². The van der Waals surface area contributed by atoms with Crippen molar-refractivity contribution < 1.29 is 22.5 Å². The third-order valence-corrected chi connectivity index (χ3v) is 5.31. The van der Waals surface area contributed by atoms with E-state index in [4.69, 9.17) is 4.74 Å². The molecule has 1 fully saturated rings. The summed E-state index contributed by atoms with van der Waals surface area (Å²) >= 11 is -1.60. The third kappa shape index (κ3) is 3.95. The SMILES string of the molecule is CC(=N[S+]([O-])C(C)(C)C)c1cccc(C(F)(F)C2CCCO2)c1F. The van der Waals surface area contributed by atoms with Crippen molar-refractivity contribution in [3.05, 3.63) is 35.1 Å². The average molecular weight is 361 g/mol. The van der Waals surface area contributed by atoms with Crippen molar-refractivity contribution >= 4 is 17.1 Å². The summed E-state index contributed by atoms with van der Waals surface area (Å²) in [6.45, 7) is 6.93. The average Bonchev–Trinajstić information content (AvgIpc) is 3.01. The summed E-state index contributed by atoms with van der Waals surface area (Å²) in [6, 6.07) is 3.78. The van der Waals surface area contributed by atoms with Gasteiger partial charge in [-0.25, -0.2) is 4.39 Å². The summed E-state index contributed by atoms with van der Waals surface area (Å²) in [6.07, 6.45) is -0.590. The van der Waals surface area contributed by atoms with Crippen LogP contribution in [0.25, 0.3) is 0 Å². The largest absolute Gasteiger partial charge is 0.591 e. The second kappa shape index (κ2) is 7.06. The number of alkyl halides is 2. The Labute approximate surface area is 143 Å². The van der Waals surface area contributed by atoms with Crippen LogP contribution in [0.1, 0.15) is 51.7 Å². The lowest BCUT2D eigenvalue weighted by Crippen LogP contribution is -2.32. The van der Waals surface area contributed by atoms with Crippen LogP contribution in [0.3, 0.4) is 0 Å². The molecule has 2 unspecified atom stereocenters. The maximum Gasteiger partial charge on any atom is 0.301 e. The number of benzene rings is 1. The van der Waals surface area contributed by atoms with Crippen LogP contribution in [-0.4, -0.2) is 27.7 Å². The molecule has 1 heterocycles. The van der Waals surface area contributed by atoms with Gasteiger partial charge >= 0.3 is 5.92 Å². The van der Waals surface area contributed by atoms with Crippen molar-refractivity contribution in [2.75, 3.05) is 6.61 Å². The zero-order valence-electron chi connectivity index (χ0n) is 14.2. The summed E-state index contributed by atoms with van der Waals surface area (Å²) in [5, 5.41) is 0. The summed E-state index contributed by atoms with van der Waals surface area (Å²) in [7, 11) is 0. The summed E-state index contributed by atoms with van der Waals surface area (Å²) in [4.78, 5) is 0. The minimum Gasteiger partial charge on any atom is -0.591 e. The predicted molar refractivity (Wildman–Crippen MR) is 89.4 cm³/mol. The van der Waals surface area contributed by atoms with Crippen LogP contribution in [0.5, 0.6) is 0 Å². The molecule has 1 aromatic carbocycles. The highest BCUT2D eigenvalue weighted by Crippen LogP contribution is 2.40. The van der Waals surface area contributed by atoms with E-state index in [1.807, 2.05) is 0 Å². The fraction of sp³-hybridized carbons (Fsp3) is 0.588. The Balaban J connectivity index is 2.39. The molecule has 1 aromatic rings. The molecule has 0 bridgehead atoms. The molecule has 1 saturated heterocycles. The van der Waals surface area contributed by atoms with Crippen molar-refractivity contribution in [2.45, 2.75) is 57.3 Å².